The molecule has 0 saturated carbocycles. The van der Waals surface area contributed by atoms with Gasteiger partial charge in [0.05, 0.1) is 0 Å². The van der Waals surface area contributed by atoms with Gasteiger partial charge in [0.25, 0.3) is 0 Å². The average Bonchev–Trinajstić information content (AvgIpc) is 2.73. The number of nitrogens with zero attached hydrogens (tertiary/aromatic N) is 2. The van der Waals surface area contributed by atoms with E-state index in [9.17, 15) is 0 Å². The highest BCUT2D eigenvalue weighted by atomic mass is 16.5. The Morgan fingerprint density at radius 2 is 1.72 bits per heavy atom. The molecule has 0 bridgehead atoms. The Hall–Kier alpha value is -3.01. The molecule has 0 atom stereocenters. The van der Waals surface area contributed by atoms with Crippen molar-refractivity contribution in [2.45, 2.75) is 27.7 Å². The molecule has 0 aromatic heterocycles. The summed E-state index contributed by atoms with van der Waals surface area (Å²) in [7, 11) is 0. The van der Waals surface area contributed by atoms with Gasteiger partial charge in [0.1, 0.15) is 24.7 Å². The molecule has 0 aliphatic heterocycles. The minimum absolute atomic E-state index is 0.492. The summed E-state index contributed by atoms with van der Waals surface area (Å²) in [6, 6.07) is 16.2. The van der Waals surface area contributed by atoms with Gasteiger partial charge in [0.15, 0.2) is 0 Å². The molecule has 0 saturated heterocycles. The maximum absolute atomic E-state index is 5.89. The van der Waals surface area contributed by atoms with Crippen molar-refractivity contribution in [3.63, 3.8) is 0 Å². The summed E-state index contributed by atoms with van der Waals surface area (Å²) >= 11 is 0. The Balaban J connectivity index is 1.93. The third-order valence-corrected chi connectivity index (χ3v) is 4.33. The number of hydrogen-bond acceptors (Lipinski definition) is 4. The van der Waals surface area contributed by atoms with Gasteiger partial charge in [-0.15, -0.1) is 0 Å². The van der Waals surface area contributed by atoms with Gasteiger partial charge in [-0.05, 0) is 57.5 Å². The summed E-state index contributed by atoms with van der Waals surface area (Å²) in [4.78, 5) is 6.66. The second kappa shape index (κ2) is 11.7. The van der Waals surface area contributed by atoms with Crippen LogP contribution in [0.25, 0.3) is 0 Å². The number of anilines is 1. The molecule has 154 valence electrons. The second-order valence-corrected chi connectivity index (χ2v) is 7.01. The molecule has 0 spiro atoms. The van der Waals surface area contributed by atoms with Crippen LogP contribution in [0.1, 0.15) is 26.3 Å². The second-order valence-electron chi connectivity index (χ2n) is 7.01. The first kappa shape index (κ1) is 22.3. The standard InChI is InChI=1S/C25H32N2O2/c1-6-22(18-26-20(3)4)19-27(7-2)23-9-8-10-25(17-23)29-16-15-28-24-13-11-21(5)12-14-24/h6,8-14,17-18H,1,7,15-16,19H2,2-5H3/b22-18+. The monoisotopic (exact) mass is 392 g/mol. The minimum atomic E-state index is 0.492. The molecular formula is C25H32N2O2. The molecule has 0 aliphatic carbocycles. The Labute approximate surface area is 175 Å². The van der Waals surface area contributed by atoms with Crippen molar-refractivity contribution < 1.29 is 9.47 Å². The van der Waals surface area contributed by atoms with Crippen LogP contribution in [0, 0.1) is 6.92 Å². The molecular weight excluding hydrogens is 360 g/mol. The fraction of sp³-hybridized carbons (Fsp3) is 0.320. The van der Waals surface area contributed by atoms with Gasteiger partial charge in [0, 0.05) is 36.8 Å². The van der Waals surface area contributed by atoms with Crippen molar-refractivity contribution in [3.8, 4) is 11.5 Å². The first-order chi connectivity index (χ1) is 14.0. The largest absolute Gasteiger partial charge is 0.490 e. The van der Waals surface area contributed by atoms with Crippen LogP contribution in [0.2, 0.25) is 0 Å². The van der Waals surface area contributed by atoms with E-state index >= 15 is 0 Å². The van der Waals surface area contributed by atoms with Crippen molar-refractivity contribution in [1.29, 1.82) is 0 Å². The van der Waals surface area contributed by atoms with E-state index in [0.717, 1.165) is 41.6 Å². The van der Waals surface area contributed by atoms with Crippen molar-refractivity contribution in [2.24, 2.45) is 4.99 Å². The van der Waals surface area contributed by atoms with E-state index in [2.05, 4.69) is 42.5 Å². The molecule has 2 aromatic rings. The lowest BCUT2D eigenvalue weighted by Crippen LogP contribution is -2.24. The third kappa shape index (κ3) is 7.86. The first-order valence-electron chi connectivity index (χ1n) is 10.0. The molecule has 0 unspecified atom stereocenters. The number of ether oxygens (including phenoxy) is 2. The summed E-state index contributed by atoms with van der Waals surface area (Å²) in [5.74, 6) is 1.69. The highest BCUT2D eigenvalue weighted by Gasteiger charge is 2.07. The van der Waals surface area contributed by atoms with Crippen LogP contribution in [0.15, 0.2) is 78.0 Å². The SMILES string of the molecule is C=C/C(=C\N=C(C)C)CN(CC)c1cccc(OCCOc2ccc(C)cc2)c1. The Morgan fingerprint density at radius 3 is 2.34 bits per heavy atom. The summed E-state index contributed by atoms with van der Waals surface area (Å²) in [6.07, 6.45) is 3.74. The molecule has 0 N–H and O–H groups in total. The van der Waals surface area contributed by atoms with Crippen molar-refractivity contribution >= 4 is 11.4 Å². The first-order valence-corrected chi connectivity index (χ1v) is 10.0. The lowest BCUT2D eigenvalue weighted by molar-refractivity contribution is 0.217. The van der Waals surface area contributed by atoms with Crippen molar-refractivity contribution in [3.05, 3.63) is 78.5 Å². The number of aliphatic imine (C=N–C) groups is 1. The van der Waals surface area contributed by atoms with Crippen molar-refractivity contribution in [2.75, 3.05) is 31.2 Å². The maximum Gasteiger partial charge on any atom is 0.122 e. The Bertz CT molecular complexity index is 834. The number of rotatable bonds is 11. The van der Waals surface area contributed by atoms with E-state index in [1.807, 2.05) is 62.5 Å². The summed E-state index contributed by atoms with van der Waals surface area (Å²) in [6.45, 7) is 14.7. The van der Waals surface area contributed by atoms with Crippen LogP contribution in [-0.2, 0) is 0 Å². The van der Waals surface area contributed by atoms with E-state index in [0.29, 0.717) is 13.2 Å². The number of hydrogen-bond donors (Lipinski definition) is 0. The molecule has 2 rings (SSSR count). The third-order valence-electron chi connectivity index (χ3n) is 4.33. The van der Waals surface area contributed by atoms with Crippen LogP contribution in [0.4, 0.5) is 5.69 Å². The fourth-order valence-electron chi connectivity index (χ4n) is 2.70. The van der Waals surface area contributed by atoms with Crippen LogP contribution in [-0.4, -0.2) is 32.0 Å². The van der Waals surface area contributed by atoms with E-state index in [4.69, 9.17) is 9.47 Å². The quantitative estimate of drug-likeness (QED) is 0.274. The van der Waals surface area contributed by atoms with E-state index in [1.165, 1.54) is 5.56 Å². The lowest BCUT2D eigenvalue weighted by Gasteiger charge is -2.24. The zero-order valence-electron chi connectivity index (χ0n) is 18.0. The molecule has 0 radical (unpaired) electrons. The molecule has 0 fully saturated rings. The predicted octanol–water partition coefficient (Wildman–Crippen LogP) is 5.83. The molecule has 4 nitrogen and oxygen atoms in total. The van der Waals surface area contributed by atoms with Gasteiger partial charge in [0.2, 0.25) is 0 Å². The molecule has 29 heavy (non-hydrogen) atoms. The van der Waals surface area contributed by atoms with Crippen LogP contribution >= 0.6 is 0 Å². The summed E-state index contributed by atoms with van der Waals surface area (Å²) < 4.78 is 11.6. The van der Waals surface area contributed by atoms with Crippen LogP contribution in [0.5, 0.6) is 11.5 Å². The normalized spacial score (nSPS) is 11.0. The Morgan fingerprint density at radius 1 is 1.03 bits per heavy atom. The molecule has 4 heteroatoms. The van der Waals surface area contributed by atoms with Gasteiger partial charge in [-0.2, -0.15) is 0 Å². The van der Waals surface area contributed by atoms with Crippen LogP contribution in [0.3, 0.4) is 0 Å². The predicted molar refractivity (Wildman–Crippen MR) is 124 cm³/mol. The number of likely N-dealkylation sites (N-methyl/N-ethyl adjacent to an activating group) is 1. The highest BCUT2D eigenvalue weighted by Crippen LogP contribution is 2.22. The minimum Gasteiger partial charge on any atom is -0.490 e. The van der Waals surface area contributed by atoms with Gasteiger partial charge < -0.3 is 14.4 Å². The average molecular weight is 393 g/mol. The van der Waals surface area contributed by atoms with Gasteiger partial charge in [-0.1, -0.05) is 36.4 Å². The number of aryl methyl sites for hydroxylation is 1. The summed E-state index contributed by atoms with van der Waals surface area (Å²) in [5, 5.41) is 0. The van der Waals surface area contributed by atoms with E-state index in [1.54, 1.807) is 0 Å². The molecule has 0 amide bonds. The van der Waals surface area contributed by atoms with E-state index in [-0.39, 0.29) is 0 Å². The van der Waals surface area contributed by atoms with Gasteiger partial charge in [-0.3, -0.25) is 4.99 Å². The Kier molecular flexibility index (Phi) is 9.03. The fourth-order valence-corrected chi connectivity index (χ4v) is 2.70. The zero-order valence-corrected chi connectivity index (χ0v) is 18.0. The lowest BCUT2D eigenvalue weighted by atomic mass is 10.2. The van der Waals surface area contributed by atoms with Crippen molar-refractivity contribution in [1.82, 2.24) is 0 Å². The van der Waals surface area contributed by atoms with Gasteiger partial charge >= 0.3 is 0 Å². The molecule has 0 aliphatic rings. The number of benzene rings is 2. The van der Waals surface area contributed by atoms with E-state index < -0.39 is 0 Å². The smallest absolute Gasteiger partial charge is 0.122 e. The molecule has 2 aromatic carbocycles. The maximum atomic E-state index is 5.89. The van der Waals surface area contributed by atoms with Crippen LogP contribution < -0.4 is 14.4 Å². The topological polar surface area (TPSA) is 34.1 Å². The summed E-state index contributed by atoms with van der Waals surface area (Å²) in [5.41, 5.74) is 4.42. The van der Waals surface area contributed by atoms with Gasteiger partial charge in [-0.25, -0.2) is 0 Å². The zero-order chi connectivity index (χ0) is 21.1. The highest BCUT2D eigenvalue weighted by molar-refractivity contribution is 5.79. The molecule has 0 heterocycles.